The van der Waals surface area contributed by atoms with Gasteiger partial charge in [-0.05, 0) is 12.3 Å². The van der Waals surface area contributed by atoms with Gasteiger partial charge in [-0.1, -0.05) is 13.8 Å². The number of aliphatic hydroxyl groups excluding tert-OH is 1. The van der Waals surface area contributed by atoms with Gasteiger partial charge in [-0.2, -0.15) is 0 Å². The molecule has 48 valence electrons. The molecule has 0 aliphatic rings. The lowest BCUT2D eigenvalue weighted by Crippen LogP contribution is -2.06. The topological polar surface area (TPSA) is 46.2 Å². The first-order valence-corrected chi connectivity index (χ1v) is 2.82. The Kier molecular flexibility index (Phi) is 3.08. The molecule has 2 nitrogen and oxygen atoms in total. The molecule has 1 unspecified atom stereocenters. The van der Waals surface area contributed by atoms with Crippen molar-refractivity contribution < 1.29 is 5.11 Å². The largest absolute Gasteiger partial charge is 0.514 e. The van der Waals surface area contributed by atoms with Crippen molar-refractivity contribution >= 4 is 0 Å². The van der Waals surface area contributed by atoms with Gasteiger partial charge in [0.15, 0.2) is 0 Å². The van der Waals surface area contributed by atoms with Gasteiger partial charge in [0.1, 0.15) is 0 Å². The third-order valence-electron chi connectivity index (χ3n) is 1.33. The highest BCUT2D eigenvalue weighted by molar-refractivity contribution is 4.94. The predicted octanol–water partition coefficient (Wildman–Crippen LogP) is 1.39. The molecule has 3 N–H and O–H groups in total. The van der Waals surface area contributed by atoms with Crippen molar-refractivity contribution in [1.82, 2.24) is 0 Å². The van der Waals surface area contributed by atoms with Crippen LogP contribution in [0.15, 0.2) is 12.0 Å². The fraction of sp³-hybridized carbons (Fsp3) is 0.667. The molecule has 0 aliphatic heterocycles. The summed E-state index contributed by atoms with van der Waals surface area (Å²) in [5.74, 6) is 0.306. The van der Waals surface area contributed by atoms with Crippen molar-refractivity contribution in [2.45, 2.75) is 20.3 Å². The van der Waals surface area contributed by atoms with E-state index >= 15 is 0 Å². The zero-order valence-corrected chi connectivity index (χ0v) is 5.39. The van der Waals surface area contributed by atoms with Crippen LogP contribution in [0.1, 0.15) is 20.3 Å². The lowest BCUT2D eigenvalue weighted by atomic mass is 10.1. The standard InChI is InChI=1S/C6H13NO/c1-3-5(2)6(7)4-8/h4-5,8H,3,7H2,1-2H3. The first-order chi connectivity index (χ1) is 3.72. The molecule has 0 aromatic heterocycles. The average Bonchev–Trinajstić information content (AvgIpc) is 1.84. The van der Waals surface area contributed by atoms with Crippen molar-refractivity contribution in [3.8, 4) is 0 Å². The summed E-state index contributed by atoms with van der Waals surface area (Å²) in [4.78, 5) is 0. The molecule has 8 heavy (non-hydrogen) atoms. The molecule has 0 aliphatic carbocycles. The van der Waals surface area contributed by atoms with Crippen molar-refractivity contribution in [1.29, 1.82) is 0 Å². The summed E-state index contributed by atoms with van der Waals surface area (Å²) in [6.07, 6.45) is 1.94. The number of hydrogen-bond acceptors (Lipinski definition) is 2. The Morgan fingerprint density at radius 3 is 2.50 bits per heavy atom. The van der Waals surface area contributed by atoms with E-state index in [9.17, 15) is 0 Å². The average molecular weight is 115 g/mol. The highest BCUT2D eigenvalue weighted by atomic mass is 16.2. The molecule has 0 aromatic rings. The summed E-state index contributed by atoms with van der Waals surface area (Å²) < 4.78 is 0. The number of aliphatic hydroxyl groups is 1. The molecule has 0 radical (unpaired) electrons. The zero-order valence-electron chi connectivity index (χ0n) is 5.39. The van der Waals surface area contributed by atoms with Crippen LogP contribution in [0.5, 0.6) is 0 Å². The van der Waals surface area contributed by atoms with Gasteiger partial charge in [0.05, 0.1) is 6.26 Å². The van der Waals surface area contributed by atoms with Crippen molar-refractivity contribution in [3.63, 3.8) is 0 Å². The highest BCUT2D eigenvalue weighted by Gasteiger charge is 1.99. The van der Waals surface area contributed by atoms with Gasteiger partial charge < -0.3 is 10.8 Å². The van der Waals surface area contributed by atoms with E-state index in [-0.39, 0.29) is 0 Å². The molecule has 0 fully saturated rings. The van der Waals surface area contributed by atoms with Crippen LogP contribution >= 0.6 is 0 Å². The van der Waals surface area contributed by atoms with Gasteiger partial charge in [-0.3, -0.25) is 0 Å². The summed E-state index contributed by atoms with van der Waals surface area (Å²) in [5, 5.41) is 8.35. The second-order valence-corrected chi connectivity index (χ2v) is 1.94. The van der Waals surface area contributed by atoms with Crippen LogP contribution in [0, 0.1) is 5.92 Å². The normalized spacial score (nSPS) is 16.0. The van der Waals surface area contributed by atoms with Gasteiger partial charge in [0.25, 0.3) is 0 Å². The van der Waals surface area contributed by atoms with E-state index in [0.717, 1.165) is 12.7 Å². The summed E-state index contributed by atoms with van der Waals surface area (Å²) in [5.41, 5.74) is 5.90. The number of allylic oxidation sites excluding steroid dienone is 1. The van der Waals surface area contributed by atoms with Crippen LogP contribution in [0.3, 0.4) is 0 Å². The smallest absolute Gasteiger partial charge is 0.0981 e. The number of rotatable bonds is 2. The molecule has 0 rings (SSSR count). The van der Waals surface area contributed by atoms with Gasteiger partial charge in [0.2, 0.25) is 0 Å². The second kappa shape index (κ2) is 3.36. The molecule has 0 spiro atoms. The Hall–Kier alpha value is -0.660. The van der Waals surface area contributed by atoms with E-state index in [1.807, 2.05) is 13.8 Å². The maximum atomic E-state index is 8.35. The third kappa shape index (κ3) is 1.87. The Balaban J connectivity index is 3.63. The summed E-state index contributed by atoms with van der Waals surface area (Å²) >= 11 is 0. The molecule has 0 heterocycles. The van der Waals surface area contributed by atoms with Crippen molar-refractivity contribution in [2.75, 3.05) is 0 Å². The molecular weight excluding hydrogens is 102 g/mol. The van der Waals surface area contributed by atoms with Crippen LogP contribution in [0.25, 0.3) is 0 Å². The lowest BCUT2D eigenvalue weighted by molar-refractivity contribution is 0.452. The molecule has 0 saturated carbocycles. The Bertz CT molecular complexity index is 88.5. The third-order valence-corrected chi connectivity index (χ3v) is 1.33. The van der Waals surface area contributed by atoms with E-state index in [2.05, 4.69) is 0 Å². The molecule has 0 saturated heterocycles. The minimum atomic E-state index is 0.306. The van der Waals surface area contributed by atoms with E-state index < -0.39 is 0 Å². The maximum Gasteiger partial charge on any atom is 0.0981 e. The van der Waals surface area contributed by atoms with Gasteiger partial charge in [0, 0.05) is 5.70 Å². The lowest BCUT2D eigenvalue weighted by Gasteiger charge is -2.04. The first kappa shape index (κ1) is 7.34. The van der Waals surface area contributed by atoms with Crippen LogP contribution in [-0.2, 0) is 0 Å². The summed E-state index contributed by atoms with van der Waals surface area (Å²) in [6, 6.07) is 0. The van der Waals surface area contributed by atoms with Crippen molar-refractivity contribution in [2.24, 2.45) is 11.7 Å². The van der Waals surface area contributed by atoms with E-state index in [1.165, 1.54) is 0 Å². The summed E-state index contributed by atoms with van der Waals surface area (Å²) in [6.45, 7) is 4.00. The van der Waals surface area contributed by atoms with Crippen molar-refractivity contribution in [3.05, 3.63) is 12.0 Å². The van der Waals surface area contributed by atoms with Crippen LogP contribution in [0.4, 0.5) is 0 Å². The predicted molar refractivity (Wildman–Crippen MR) is 34.4 cm³/mol. The van der Waals surface area contributed by atoms with Crippen LogP contribution in [-0.4, -0.2) is 5.11 Å². The van der Waals surface area contributed by atoms with Gasteiger partial charge in [-0.25, -0.2) is 0 Å². The molecule has 1 atom stereocenters. The van der Waals surface area contributed by atoms with Gasteiger partial charge >= 0.3 is 0 Å². The van der Waals surface area contributed by atoms with E-state index in [0.29, 0.717) is 11.6 Å². The molecule has 2 heteroatoms. The SMILES string of the molecule is CCC(C)C(N)=CO. The van der Waals surface area contributed by atoms with E-state index in [4.69, 9.17) is 10.8 Å². The van der Waals surface area contributed by atoms with Gasteiger partial charge in [-0.15, -0.1) is 0 Å². The first-order valence-electron chi connectivity index (χ1n) is 2.82. The fourth-order valence-corrected chi connectivity index (χ4v) is 0.363. The molecule has 0 bridgehead atoms. The fourth-order valence-electron chi connectivity index (χ4n) is 0.363. The molecule has 0 aromatic carbocycles. The van der Waals surface area contributed by atoms with Crippen LogP contribution in [0.2, 0.25) is 0 Å². The quantitative estimate of drug-likeness (QED) is 0.534. The van der Waals surface area contributed by atoms with E-state index in [1.54, 1.807) is 0 Å². The summed E-state index contributed by atoms with van der Waals surface area (Å²) in [7, 11) is 0. The number of hydrogen-bond donors (Lipinski definition) is 2. The molecule has 0 amide bonds. The minimum Gasteiger partial charge on any atom is -0.514 e. The highest BCUT2D eigenvalue weighted by Crippen LogP contribution is 2.06. The second-order valence-electron chi connectivity index (χ2n) is 1.94. The zero-order chi connectivity index (χ0) is 6.57. The number of nitrogens with two attached hydrogens (primary N) is 1. The molecular formula is C6H13NO. The van der Waals surface area contributed by atoms with Crippen LogP contribution < -0.4 is 5.73 Å². The Labute approximate surface area is 50.0 Å². The Morgan fingerprint density at radius 2 is 2.38 bits per heavy atom. The maximum absolute atomic E-state index is 8.35. The monoisotopic (exact) mass is 115 g/mol. The Morgan fingerprint density at radius 1 is 1.88 bits per heavy atom. The minimum absolute atomic E-state index is 0.306.